The number of benzene rings is 1. The molecule has 1 aliphatic heterocycles. The molecule has 0 spiro atoms. The third kappa shape index (κ3) is 6.18. The van der Waals surface area contributed by atoms with Gasteiger partial charge in [-0.05, 0) is 26.0 Å². The van der Waals surface area contributed by atoms with E-state index in [2.05, 4.69) is 24.1 Å². The summed E-state index contributed by atoms with van der Waals surface area (Å²) in [4.78, 5) is 14.1. The van der Waals surface area contributed by atoms with Crippen LogP contribution in [0.15, 0.2) is 18.2 Å². The standard InChI is InChI=1S/C16H22Cl2N2O3/c1-11-8-20(9-12(2)23-11)6-5-19-16(21)10-22-13-3-4-14(17)15(18)7-13/h3-4,7,11-12H,5-6,8-10H2,1-2H3,(H,19,21). The first-order valence-electron chi connectivity index (χ1n) is 7.66. The van der Waals surface area contributed by atoms with Crippen LogP contribution in [0.4, 0.5) is 0 Å². The highest BCUT2D eigenvalue weighted by Crippen LogP contribution is 2.26. The number of amides is 1. The number of hydrogen-bond acceptors (Lipinski definition) is 4. The molecule has 0 aliphatic carbocycles. The molecule has 2 rings (SSSR count). The Kier molecular flexibility index (Phi) is 6.96. The predicted octanol–water partition coefficient (Wildman–Crippen LogP) is 2.60. The minimum absolute atomic E-state index is 0.0477. The Bertz CT molecular complexity index is 532. The third-order valence-corrected chi connectivity index (χ3v) is 4.25. The molecule has 0 bridgehead atoms. The molecule has 1 amide bonds. The van der Waals surface area contributed by atoms with Crippen molar-refractivity contribution in [1.82, 2.24) is 10.2 Å². The zero-order valence-corrected chi connectivity index (χ0v) is 14.9. The van der Waals surface area contributed by atoms with E-state index in [1.165, 1.54) is 0 Å². The largest absolute Gasteiger partial charge is 0.484 e. The van der Waals surface area contributed by atoms with Crippen LogP contribution in [0.5, 0.6) is 5.75 Å². The van der Waals surface area contributed by atoms with E-state index in [-0.39, 0.29) is 24.7 Å². The van der Waals surface area contributed by atoms with Gasteiger partial charge in [0.15, 0.2) is 6.61 Å². The summed E-state index contributed by atoms with van der Waals surface area (Å²) in [6, 6.07) is 4.91. The smallest absolute Gasteiger partial charge is 0.257 e. The summed E-state index contributed by atoms with van der Waals surface area (Å²) < 4.78 is 11.1. The second kappa shape index (κ2) is 8.73. The summed E-state index contributed by atoms with van der Waals surface area (Å²) in [6.07, 6.45) is 0.458. The van der Waals surface area contributed by atoms with Gasteiger partial charge in [-0.1, -0.05) is 23.2 Å². The van der Waals surface area contributed by atoms with E-state index in [0.29, 0.717) is 22.3 Å². The molecule has 7 heteroatoms. The van der Waals surface area contributed by atoms with Crippen LogP contribution >= 0.6 is 23.2 Å². The number of morpholine rings is 1. The van der Waals surface area contributed by atoms with Gasteiger partial charge in [0.1, 0.15) is 5.75 Å². The molecule has 1 aromatic carbocycles. The lowest BCUT2D eigenvalue weighted by atomic mass is 10.2. The van der Waals surface area contributed by atoms with Crippen LogP contribution in [0.25, 0.3) is 0 Å². The molecule has 0 aromatic heterocycles. The monoisotopic (exact) mass is 360 g/mol. The van der Waals surface area contributed by atoms with Crippen molar-refractivity contribution in [2.75, 3.05) is 32.8 Å². The quantitative estimate of drug-likeness (QED) is 0.846. The van der Waals surface area contributed by atoms with Gasteiger partial charge in [0.05, 0.1) is 22.3 Å². The van der Waals surface area contributed by atoms with Crippen LogP contribution in [-0.4, -0.2) is 55.8 Å². The molecule has 128 valence electrons. The van der Waals surface area contributed by atoms with E-state index in [4.69, 9.17) is 32.7 Å². The highest BCUT2D eigenvalue weighted by molar-refractivity contribution is 6.42. The van der Waals surface area contributed by atoms with Crippen molar-refractivity contribution in [2.45, 2.75) is 26.1 Å². The van der Waals surface area contributed by atoms with Crippen LogP contribution in [0.3, 0.4) is 0 Å². The van der Waals surface area contributed by atoms with Gasteiger partial charge in [0.25, 0.3) is 5.91 Å². The Hall–Kier alpha value is -1.01. The maximum Gasteiger partial charge on any atom is 0.257 e. The number of rotatable bonds is 6. The number of carbonyl (C=O) groups is 1. The SMILES string of the molecule is CC1CN(CCNC(=O)COc2ccc(Cl)c(Cl)c2)CC(C)O1. The first-order valence-corrected chi connectivity index (χ1v) is 8.42. The minimum atomic E-state index is -0.162. The number of halogens is 2. The molecular weight excluding hydrogens is 339 g/mol. The molecule has 1 N–H and O–H groups in total. The fraction of sp³-hybridized carbons (Fsp3) is 0.562. The molecule has 1 aromatic rings. The van der Waals surface area contributed by atoms with Crippen LogP contribution in [0.2, 0.25) is 10.0 Å². The van der Waals surface area contributed by atoms with E-state index in [1.807, 2.05) is 0 Å². The first kappa shape index (κ1) is 18.3. The molecule has 2 unspecified atom stereocenters. The zero-order valence-electron chi connectivity index (χ0n) is 13.4. The van der Waals surface area contributed by atoms with Crippen molar-refractivity contribution in [3.63, 3.8) is 0 Å². The topological polar surface area (TPSA) is 50.8 Å². The molecule has 1 aliphatic rings. The normalized spacial score (nSPS) is 21.9. The van der Waals surface area contributed by atoms with Gasteiger partial charge in [0.2, 0.25) is 0 Å². The van der Waals surface area contributed by atoms with E-state index < -0.39 is 0 Å². The Morgan fingerprint density at radius 1 is 1.30 bits per heavy atom. The molecule has 23 heavy (non-hydrogen) atoms. The summed E-state index contributed by atoms with van der Waals surface area (Å²) in [7, 11) is 0. The second-order valence-electron chi connectivity index (χ2n) is 5.73. The lowest BCUT2D eigenvalue weighted by Crippen LogP contribution is -2.48. The van der Waals surface area contributed by atoms with E-state index >= 15 is 0 Å². The first-order chi connectivity index (χ1) is 10.9. The molecule has 1 heterocycles. The van der Waals surface area contributed by atoms with Gasteiger partial charge in [-0.3, -0.25) is 9.69 Å². The molecular formula is C16H22Cl2N2O3. The number of nitrogens with zero attached hydrogens (tertiary/aromatic N) is 1. The number of hydrogen-bond donors (Lipinski definition) is 1. The number of nitrogens with one attached hydrogen (secondary N) is 1. The number of carbonyl (C=O) groups excluding carboxylic acids is 1. The summed E-state index contributed by atoms with van der Waals surface area (Å²) in [5, 5.41) is 3.71. The van der Waals surface area contributed by atoms with Crippen molar-refractivity contribution >= 4 is 29.1 Å². The van der Waals surface area contributed by atoms with Gasteiger partial charge in [-0.25, -0.2) is 0 Å². The molecule has 5 nitrogen and oxygen atoms in total. The van der Waals surface area contributed by atoms with Crippen LogP contribution in [0.1, 0.15) is 13.8 Å². The van der Waals surface area contributed by atoms with Gasteiger partial charge in [-0.15, -0.1) is 0 Å². The molecule has 0 radical (unpaired) electrons. The second-order valence-corrected chi connectivity index (χ2v) is 6.55. The Morgan fingerprint density at radius 2 is 2.00 bits per heavy atom. The van der Waals surface area contributed by atoms with Crippen molar-refractivity contribution in [2.24, 2.45) is 0 Å². The minimum Gasteiger partial charge on any atom is -0.484 e. The van der Waals surface area contributed by atoms with E-state index in [9.17, 15) is 4.79 Å². The van der Waals surface area contributed by atoms with Gasteiger partial charge in [0, 0.05) is 32.2 Å². The molecule has 0 saturated carbocycles. The average molecular weight is 361 g/mol. The molecule has 1 fully saturated rings. The maximum atomic E-state index is 11.8. The Labute approximate surface area is 146 Å². The summed E-state index contributed by atoms with van der Waals surface area (Å²) >= 11 is 11.7. The average Bonchev–Trinajstić information content (AvgIpc) is 2.47. The fourth-order valence-electron chi connectivity index (χ4n) is 2.59. The summed E-state index contributed by atoms with van der Waals surface area (Å²) in [5.41, 5.74) is 0. The highest BCUT2D eigenvalue weighted by atomic mass is 35.5. The highest BCUT2D eigenvalue weighted by Gasteiger charge is 2.21. The Balaban J connectivity index is 1.66. The van der Waals surface area contributed by atoms with Gasteiger partial charge >= 0.3 is 0 Å². The van der Waals surface area contributed by atoms with E-state index in [1.54, 1.807) is 18.2 Å². The van der Waals surface area contributed by atoms with Crippen LogP contribution in [-0.2, 0) is 9.53 Å². The molecule has 1 saturated heterocycles. The van der Waals surface area contributed by atoms with Crippen molar-refractivity contribution in [1.29, 1.82) is 0 Å². The fourth-order valence-corrected chi connectivity index (χ4v) is 2.88. The third-order valence-electron chi connectivity index (χ3n) is 3.51. The zero-order chi connectivity index (χ0) is 16.8. The van der Waals surface area contributed by atoms with Crippen molar-refractivity contribution < 1.29 is 14.3 Å². The van der Waals surface area contributed by atoms with Crippen molar-refractivity contribution in [3.05, 3.63) is 28.2 Å². The molecule has 2 atom stereocenters. The summed E-state index contributed by atoms with van der Waals surface area (Å²) in [5.74, 6) is 0.357. The van der Waals surface area contributed by atoms with Gasteiger partial charge in [-0.2, -0.15) is 0 Å². The Morgan fingerprint density at radius 3 is 2.65 bits per heavy atom. The van der Waals surface area contributed by atoms with Crippen molar-refractivity contribution in [3.8, 4) is 5.75 Å². The van der Waals surface area contributed by atoms with Crippen LogP contribution < -0.4 is 10.1 Å². The predicted molar refractivity (Wildman–Crippen MR) is 91.4 cm³/mol. The number of ether oxygens (including phenoxy) is 2. The summed E-state index contributed by atoms with van der Waals surface area (Å²) in [6.45, 7) is 7.24. The van der Waals surface area contributed by atoms with E-state index in [0.717, 1.165) is 19.6 Å². The maximum absolute atomic E-state index is 11.8. The lowest BCUT2D eigenvalue weighted by Gasteiger charge is -2.35. The lowest BCUT2D eigenvalue weighted by molar-refractivity contribution is -0.123. The van der Waals surface area contributed by atoms with Gasteiger partial charge < -0.3 is 14.8 Å². The van der Waals surface area contributed by atoms with Crippen LogP contribution in [0, 0.1) is 0 Å².